The summed E-state index contributed by atoms with van der Waals surface area (Å²) in [5.41, 5.74) is 0. The molecule has 0 aromatic rings. The van der Waals surface area contributed by atoms with Crippen molar-refractivity contribution in [1.82, 2.24) is 9.80 Å². The van der Waals surface area contributed by atoms with Gasteiger partial charge >= 0.3 is 10.2 Å². The molecule has 1 fully saturated rings. The van der Waals surface area contributed by atoms with E-state index >= 15 is 0 Å². The summed E-state index contributed by atoms with van der Waals surface area (Å²) in [6.07, 6.45) is 1.85. The van der Waals surface area contributed by atoms with Crippen molar-refractivity contribution in [3.8, 4) is 0 Å². The van der Waals surface area contributed by atoms with Crippen molar-refractivity contribution in [2.45, 2.75) is 38.4 Å². The Morgan fingerprint density at radius 1 is 1.26 bits per heavy atom. The molecule has 1 aliphatic rings. The summed E-state index contributed by atoms with van der Waals surface area (Å²) in [4.78, 5) is 15.3. The molecule has 1 heterocycles. The van der Waals surface area contributed by atoms with E-state index in [1.165, 1.54) is 4.90 Å². The number of halogens is 1. The molecule has 1 rings (SSSR count). The van der Waals surface area contributed by atoms with Crippen molar-refractivity contribution in [2.24, 2.45) is 0 Å². The van der Waals surface area contributed by atoms with Crippen LogP contribution in [-0.4, -0.2) is 62.1 Å². The van der Waals surface area contributed by atoms with E-state index in [0.717, 1.165) is 25.9 Å². The van der Waals surface area contributed by atoms with E-state index in [2.05, 4.69) is 18.7 Å². The van der Waals surface area contributed by atoms with Crippen LogP contribution in [0.15, 0.2) is 0 Å². The van der Waals surface area contributed by atoms with Gasteiger partial charge in [-0.3, -0.25) is 4.79 Å². The Hall–Kier alpha value is -0.690. The molecular formula is C12H23FN2O3S. The fourth-order valence-electron chi connectivity index (χ4n) is 2.37. The number of hydrogen-bond acceptors (Lipinski definition) is 4. The molecule has 1 atom stereocenters. The molecule has 0 saturated carbocycles. The van der Waals surface area contributed by atoms with Gasteiger partial charge < -0.3 is 9.80 Å². The molecule has 19 heavy (non-hydrogen) atoms. The minimum Gasteiger partial charge on any atom is -0.340 e. The van der Waals surface area contributed by atoms with E-state index in [1.54, 1.807) is 0 Å². The largest absolute Gasteiger partial charge is 0.340 e. The average Bonchev–Trinajstić information content (AvgIpc) is 2.68. The predicted octanol–water partition coefficient (Wildman–Crippen LogP) is 1.01. The second kappa shape index (κ2) is 7.19. The van der Waals surface area contributed by atoms with Crippen LogP contribution in [-0.2, 0) is 15.0 Å². The molecule has 0 spiro atoms. The van der Waals surface area contributed by atoms with E-state index in [1.807, 2.05) is 0 Å². The fourth-order valence-corrected chi connectivity index (χ4v) is 3.07. The number of carbonyl (C=O) groups is 1. The third kappa shape index (κ3) is 5.06. The van der Waals surface area contributed by atoms with Crippen LogP contribution in [0.4, 0.5) is 3.89 Å². The van der Waals surface area contributed by atoms with E-state index in [-0.39, 0.29) is 18.9 Å². The summed E-state index contributed by atoms with van der Waals surface area (Å²) in [6, 6.07) is 0. The lowest BCUT2D eigenvalue weighted by Gasteiger charge is -2.24. The van der Waals surface area contributed by atoms with Gasteiger partial charge in [0.25, 0.3) is 0 Å². The van der Waals surface area contributed by atoms with Crippen molar-refractivity contribution < 1.29 is 17.1 Å². The zero-order valence-electron chi connectivity index (χ0n) is 11.6. The van der Waals surface area contributed by atoms with Crippen molar-refractivity contribution in [3.63, 3.8) is 0 Å². The molecule has 0 radical (unpaired) electrons. The Balaban J connectivity index is 2.47. The number of amides is 1. The summed E-state index contributed by atoms with van der Waals surface area (Å²) in [5.74, 6) is -0.265. The highest BCUT2D eigenvalue weighted by molar-refractivity contribution is 7.87. The van der Waals surface area contributed by atoms with Crippen LogP contribution in [0.3, 0.4) is 0 Å². The lowest BCUT2D eigenvalue weighted by Crippen LogP contribution is -2.37. The van der Waals surface area contributed by atoms with Crippen LogP contribution in [0, 0.1) is 0 Å². The SMILES string of the molecule is CCCN(CCC)CCN1CC(S(=O)(=O)F)CC1=O. The topological polar surface area (TPSA) is 57.7 Å². The van der Waals surface area contributed by atoms with E-state index in [9.17, 15) is 17.1 Å². The molecule has 7 heteroatoms. The smallest absolute Gasteiger partial charge is 0.307 e. The van der Waals surface area contributed by atoms with Gasteiger partial charge in [-0.2, -0.15) is 8.42 Å². The highest BCUT2D eigenvalue weighted by Gasteiger charge is 2.38. The van der Waals surface area contributed by atoms with Gasteiger partial charge in [0, 0.05) is 26.1 Å². The van der Waals surface area contributed by atoms with Gasteiger partial charge in [-0.1, -0.05) is 13.8 Å². The van der Waals surface area contributed by atoms with E-state index in [0.29, 0.717) is 13.1 Å². The Labute approximate surface area is 115 Å². The quantitative estimate of drug-likeness (QED) is 0.627. The Morgan fingerprint density at radius 2 is 1.84 bits per heavy atom. The lowest BCUT2D eigenvalue weighted by molar-refractivity contribution is -0.127. The van der Waals surface area contributed by atoms with Gasteiger partial charge in [0.15, 0.2) is 0 Å². The van der Waals surface area contributed by atoms with Gasteiger partial charge in [-0.05, 0) is 25.9 Å². The van der Waals surface area contributed by atoms with Crippen molar-refractivity contribution in [2.75, 3.05) is 32.7 Å². The van der Waals surface area contributed by atoms with Gasteiger partial charge in [0.2, 0.25) is 5.91 Å². The van der Waals surface area contributed by atoms with Gasteiger partial charge in [-0.15, -0.1) is 3.89 Å². The lowest BCUT2D eigenvalue weighted by atomic mass is 10.3. The maximum absolute atomic E-state index is 12.9. The molecular weight excluding hydrogens is 271 g/mol. The summed E-state index contributed by atoms with van der Waals surface area (Å²) >= 11 is 0. The first-order chi connectivity index (χ1) is 8.88. The Bertz CT molecular complexity index is 394. The molecule has 0 aliphatic carbocycles. The number of rotatable bonds is 8. The van der Waals surface area contributed by atoms with Crippen molar-refractivity contribution in [1.29, 1.82) is 0 Å². The minimum atomic E-state index is -4.60. The second-order valence-electron chi connectivity index (χ2n) is 4.98. The van der Waals surface area contributed by atoms with Crippen molar-refractivity contribution in [3.05, 3.63) is 0 Å². The van der Waals surface area contributed by atoms with Crippen molar-refractivity contribution >= 4 is 16.1 Å². The first kappa shape index (κ1) is 16.4. The minimum absolute atomic E-state index is 0.0102. The third-order valence-electron chi connectivity index (χ3n) is 3.34. The first-order valence-electron chi connectivity index (χ1n) is 6.82. The molecule has 0 aromatic carbocycles. The first-order valence-corrected chi connectivity index (χ1v) is 8.26. The monoisotopic (exact) mass is 294 g/mol. The van der Waals surface area contributed by atoms with Gasteiger partial charge in [0.05, 0.1) is 0 Å². The highest BCUT2D eigenvalue weighted by Crippen LogP contribution is 2.19. The Morgan fingerprint density at radius 3 is 2.26 bits per heavy atom. The zero-order valence-corrected chi connectivity index (χ0v) is 12.5. The molecule has 1 amide bonds. The summed E-state index contributed by atoms with van der Waals surface area (Å²) < 4.78 is 34.5. The number of nitrogens with zero attached hydrogens (tertiary/aromatic N) is 2. The summed E-state index contributed by atoms with van der Waals surface area (Å²) in [6.45, 7) is 7.28. The van der Waals surface area contributed by atoms with Gasteiger partial charge in [-0.25, -0.2) is 0 Å². The van der Waals surface area contributed by atoms with Crippen LogP contribution in [0.25, 0.3) is 0 Å². The Kier molecular flexibility index (Phi) is 6.19. The van der Waals surface area contributed by atoms with E-state index in [4.69, 9.17) is 0 Å². The second-order valence-corrected chi connectivity index (χ2v) is 6.60. The van der Waals surface area contributed by atoms with E-state index < -0.39 is 15.5 Å². The molecule has 0 aromatic heterocycles. The molecule has 1 aliphatic heterocycles. The normalized spacial score (nSPS) is 20.5. The third-order valence-corrected chi connectivity index (χ3v) is 4.46. The molecule has 1 saturated heterocycles. The number of hydrogen-bond donors (Lipinski definition) is 0. The van der Waals surface area contributed by atoms with Crippen LogP contribution in [0.5, 0.6) is 0 Å². The highest BCUT2D eigenvalue weighted by atomic mass is 32.3. The van der Waals surface area contributed by atoms with Crippen LogP contribution in [0.1, 0.15) is 33.1 Å². The molecule has 1 unspecified atom stereocenters. The maximum atomic E-state index is 12.9. The predicted molar refractivity (Wildman–Crippen MR) is 72.0 cm³/mol. The summed E-state index contributed by atoms with van der Waals surface area (Å²) in [7, 11) is -4.60. The molecule has 0 N–H and O–H groups in total. The summed E-state index contributed by atoms with van der Waals surface area (Å²) in [5, 5.41) is -1.18. The number of likely N-dealkylation sites (tertiary alicyclic amines) is 1. The number of carbonyl (C=O) groups excluding carboxylic acids is 1. The zero-order chi connectivity index (χ0) is 14.5. The van der Waals surface area contributed by atoms with Crippen LogP contribution < -0.4 is 0 Å². The molecule has 112 valence electrons. The van der Waals surface area contributed by atoms with Crippen LogP contribution >= 0.6 is 0 Å². The maximum Gasteiger partial charge on any atom is 0.307 e. The fraction of sp³-hybridized carbons (Fsp3) is 0.917. The van der Waals surface area contributed by atoms with Crippen LogP contribution in [0.2, 0.25) is 0 Å². The standard InChI is InChI=1S/C12H23FN2O3S/c1-3-5-14(6-4-2)7-8-15-10-11(9-12(15)16)19(13,17)18/h11H,3-10H2,1-2H3. The molecule has 5 nitrogen and oxygen atoms in total. The average molecular weight is 294 g/mol. The van der Waals surface area contributed by atoms with Gasteiger partial charge in [0.1, 0.15) is 5.25 Å². The molecule has 0 bridgehead atoms.